The van der Waals surface area contributed by atoms with Gasteiger partial charge in [0.05, 0.1) is 23.3 Å². The van der Waals surface area contributed by atoms with Crippen molar-refractivity contribution in [3.63, 3.8) is 0 Å². The second kappa shape index (κ2) is 3.85. The van der Waals surface area contributed by atoms with Gasteiger partial charge in [0, 0.05) is 19.2 Å². The van der Waals surface area contributed by atoms with Crippen molar-refractivity contribution in [1.29, 1.82) is 0 Å². The molecule has 2 rings (SSSR count). The third kappa shape index (κ3) is 2.44. The lowest BCUT2D eigenvalue weighted by Gasteiger charge is -2.19. The molecule has 16 heavy (non-hydrogen) atoms. The second-order valence-electron chi connectivity index (χ2n) is 4.45. The van der Waals surface area contributed by atoms with E-state index in [9.17, 15) is 13.5 Å². The second-order valence-corrected chi connectivity index (χ2v) is 6.63. The molecule has 1 aromatic rings. The van der Waals surface area contributed by atoms with Gasteiger partial charge >= 0.3 is 0 Å². The summed E-state index contributed by atoms with van der Waals surface area (Å²) in [5.41, 5.74) is -0.207. The molecule has 0 amide bonds. The van der Waals surface area contributed by atoms with Gasteiger partial charge in [0.25, 0.3) is 0 Å². The van der Waals surface area contributed by atoms with Gasteiger partial charge in [-0.05, 0) is 18.9 Å². The minimum absolute atomic E-state index is 0.0887. The molecule has 1 N–H and O–H groups in total. The minimum Gasteiger partial charge on any atom is -0.388 e. The van der Waals surface area contributed by atoms with E-state index >= 15 is 0 Å². The average molecular weight is 244 g/mol. The fourth-order valence-corrected chi connectivity index (χ4v) is 3.99. The molecule has 2 heterocycles. The monoisotopic (exact) mass is 244 g/mol. The first kappa shape index (κ1) is 11.6. The summed E-state index contributed by atoms with van der Waals surface area (Å²) in [5, 5.41) is 14.2. The highest BCUT2D eigenvalue weighted by Crippen LogP contribution is 2.26. The normalized spacial score (nSPS) is 28.4. The molecular weight excluding hydrogens is 228 g/mol. The van der Waals surface area contributed by atoms with Crippen LogP contribution in [0.15, 0.2) is 12.4 Å². The van der Waals surface area contributed by atoms with E-state index in [1.54, 1.807) is 10.9 Å². The number of nitrogens with zero attached hydrogens (tertiary/aromatic N) is 2. The molecule has 1 fully saturated rings. The molecule has 1 aliphatic heterocycles. The quantitative estimate of drug-likeness (QED) is 0.812. The predicted molar refractivity (Wildman–Crippen MR) is 59.8 cm³/mol. The van der Waals surface area contributed by atoms with Gasteiger partial charge in [0.15, 0.2) is 9.84 Å². The van der Waals surface area contributed by atoms with Gasteiger partial charge in [-0.1, -0.05) is 0 Å². The van der Waals surface area contributed by atoms with Crippen molar-refractivity contribution in [2.75, 3.05) is 11.5 Å². The summed E-state index contributed by atoms with van der Waals surface area (Å²) in [6.07, 6.45) is 4.23. The Hall–Kier alpha value is -0.880. The number of aromatic nitrogens is 2. The van der Waals surface area contributed by atoms with Gasteiger partial charge in [0.1, 0.15) is 0 Å². The maximum Gasteiger partial charge on any atom is 0.153 e. The fourth-order valence-electron chi connectivity index (χ4n) is 2.09. The van der Waals surface area contributed by atoms with E-state index in [-0.39, 0.29) is 11.5 Å². The van der Waals surface area contributed by atoms with E-state index in [0.29, 0.717) is 12.8 Å². The van der Waals surface area contributed by atoms with Crippen LogP contribution in [0.3, 0.4) is 0 Å². The smallest absolute Gasteiger partial charge is 0.153 e. The summed E-state index contributed by atoms with van der Waals surface area (Å²) in [6.45, 7) is 2.75. The maximum atomic E-state index is 11.3. The molecule has 0 bridgehead atoms. The summed E-state index contributed by atoms with van der Waals surface area (Å²) >= 11 is 0. The predicted octanol–water partition coefficient (Wildman–Crippen LogP) is -0.00490. The lowest BCUT2D eigenvalue weighted by Crippen LogP contribution is -2.32. The topological polar surface area (TPSA) is 72.2 Å². The molecule has 0 saturated carbocycles. The van der Waals surface area contributed by atoms with Crippen LogP contribution < -0.4 is 0 Å². The molecule has 1 atom stereocenters. The Morgan fingerprint density at radius 3 is 2.88 bits per heavy atom. The summed E-state index contributed by atoms with van der Waals surface area (Å²) in [5.74, 6) is -0.0390. The zero-order valence-electron chi connectivity index (χ0n) is 9.26. The van der Waals surface area contributed by atoms with Gasteiger partial charge in [-0.3, -0.25) is 4.68 Å². The van der Waals surface area contributed by atoms with Crippen LogP contribution in [0.5, 0.6) is 0 Å². The van der Waals surface area contributed by atoms with Crippen LogP contribution in [-0.2, 0) is 22.8 Å². The third-order valence-electron chi connectivity index (χ3n) is 2.91. The number of aryl methyl sites for hydroxylation is 1. The first-order chi connectivity index (χ1) is 7.42. The zero-order chi connectivity index (χ0) is 11.8. The highest BCUT2D eigenvalue weighted by atomic mass is 32.2. The zero-order valence-corrected chi connectivity index (χ0v) is 10.1. The van der Waals surface area contributed by atoms with Crippen LogP contribution in [0.1, 0.15) is 18.9 Å². The van der Waals surface area contributed by atoms with Crippen molar-refractivity contribution in [2.45, 2.75) is 31.9 Å². The van der Waals surface area contributed by atoms with Crippen LogP contribution in [0.4, 0.5) is 0 Å². The van der Waals surface area contributed by atoms with E-state index in [1.165, 1.54) is 0 Å². The van der Waals surface area contributed by atoms with Crippen LogP contribution >= 0.6 is 0 Å². The van der Waals surface area contributed by atoms with E-state index in [4.69, 9.17) is 0 Å². The van der Waals surface area contributed by atoms with Crippen LogP contribution in [0, 0.1) is 0 Å². The Morgan fingerprint density at radius 2 is 2.38 bits per heavy atom. The minimum atomic E-state index is -3.05. The SMILES string of the molecule is CCn1cc(CC2(O)CCS(=O)(=O)C2)cn1. The standard InChI is InChI=1S/C10H16N2O3S/c1-2-12-7-9(6-11-12)5-10(13)3-4-16(14,15)8-10/h6-7,13H,2-5,8H2,1H3. The summed E-state index contributed by atoms with van der Waals surface area (Å²) in [6, 6.07) is 0. The van der Waals surface area contributed by atoms with E-state index in [2.05, 4.69) is 5.10 Å². The molecule has 1 aromatic heterocycles. The number of hydrogen-bond acceptors (Lipinski definition) is 4. The lowest BCUT2D eigenvalue weighted by atomic mass is 9.96. The van der Waals surface area contributed by atoms with Crippen molar-refractivity contribution in [3.8, 4) is 0 Å². The van der Waals surface area contributed by atoms with Crippen LogP contribution in [0.2, 0.25) is 0 Å². The third-order valence-corrected chi connectivity index (χ3v) is 4.71. The van der Waals surface area contributed by atoms with Gasteiger partial charge in [-0.15, -0.1) is 0 Å². The Kier molecular flexibility index (Phi) is 2.79. The van der Waals surface area contributed by atoms with Crippen molar-refractivity contribution < 1.29 is 13.5 Å². The maximum absolute atomic E-state index is 11.3. The Bertz CT molecular complexity index is 480. The van der Waals surface area contributed by atoms with Crippen molar-refractivity contribution in [3.05, 3.63) is 18.0 Å². The summed E-state index contributed by atoms with van der Waals surface area (Å²) in [7, 11) is -3.05. The number of aliphatic hydroxyl groups is 1. The van der Waals surface area contributed by atoms with E-state index < -0.39 is 15.4 Å². The molecule has 1 unspecified atom stereocenters. The van der Waals surface area contributed by atoms with E-state index in [1.807, 2.05) is 13.1 Å². The molecule has 0 spiro atoms. The number of rotatable bonds is 3. The number of sulfone groups is 1. The van der Waals surface area contributed by atoms with Crippen molar-refractivity contribution in [2.24, 2.45) is 0 Å². The molecule has 1 saturated heterocycles. The highest BCUT2D eigenvalue weighted by molar-refractivity contribution is 7.91. The Balaban J connectivity index is 2.10. The van der Waals surface area contributed by atoms with Gasteiger partial charge in [-0.2, -0.15) is 5.10 Å². The molecule has 0 aliphatic carbocycles. The summed E-state index contributed by atoms with van der Waals surface area (Å²) in [4.78, 5) is 0. The average Bonchev–Trinajstić information content (AvgIpc) is 2.71. The molecule has 6 heteroatoms. The van der Waals surface area contributed by atoms with Crippen LogP contribution in [0.25, 0.3) is 0 Å². The van der Waals surface area contributed by atoms with Crippen molar-refractivity contribution in [1.82, 2.24) is 9.78 Å². The molecule has 0 aromatic carbocycles. The Labute approximate surface area is 95.0 Å². The molecule has 5 nitrogen and oxygen atoms in total. The highest BCUT2D eigenvalue weighted by Gasteiger charge is 2.40. The molecule has 1 aliphatic rings. The van der Waals surface area contributed by atoms with Gasteiger partial charge in [-0.25, -0.2) is 8.42 Å². The number of hydrogen-bond donors (Lipinski definition) is 1. The first-order valence-corrected chi connectivity index (χ1v) is 7.19. The van der Waals surface area contributed by atoms with Gasteiger partial charge < -0.3 is 5.11 Å². The largest absolute Gasteiger partial charge is 0.388 e. The molecule has 0 radical (unpaired) electrons. The van der Waals surface area contributed by atoms with E-state index in [0.717, 1.165) is 12.1 Å². The first-order valence-electron chi connectivity index (χ1n) is 5.37. The summed E-state index contributed by atoms with van der Waals surface area (Å²) < 4.78 is 24.4. The fraction of sp³-hybridized carbons (Fsp3) is 0.700. The van der Waals surface area contributed by atoms with Crippen LogP contribution in [-0.4, -0.2) is 40.4 Å². The molecular formula is C10H16N2O3S. The van der Waals surface area contributed by atoms with Crippen molar-refractivity contribution >= 4 is 9.84 Å². The van der Waals surface area contributed by atoms with Gasteiger partial charge in [0.2, 0.25) is 0 Å². The molecule has 90 valence electrons. The Morgan fingerprint density at radius 1 is 1.62 bits per heavy atom. The lowest BCUT2D eigenvalue weighted by molar-refractivity contribution is 0.0681.